The van der Waals surface area contributed by atoms with Crippen molar-refractivity contribution in [1.82, 2.24) is 4.31 Å². The maximum absolute atomic E-state index is 13.5. The van der Waals surface area contributed by atoms with Gasteiger partial charge in [-0.25, -0.2) is 17.7 Å². The Bertz CT molecular complexity index is 1220. The minimum Gasteiger partial charge on any atom is -0.468 e. The number of aliphatic imine (C=N–C) groups is 1. The van der Waals surface area contributed by atoms with Gasteiger partial charge in [0.15, 0.2) is 0 Å². The second-order valence-electron chi connectivity index (χ2n) is 8.10. The number of aryl methyl sites for hydroxylation is 1. The number of anilines is 1. The molecular formula is C22H22F3N3O4S. The number of benzene rings is 2. The Morgan fingerprint density at radius 1 is 1.15 bits per heavy atom. The van der Waals surface area contributed by atoms with Gasteiger partial charge in [-0.1, -0.05) is 30.3 Å². The number of carbonyl (C=O) groups is 1. The summed E-state index contributed by atoms with van der Waals surface area (Å²) in [7, 11) is -2.80. The van der Waals surface area contributed by atoms with Crippen molar-refractivity contribution in [1.29, 1.82) is 0 Å². The highest BCUT2D eigenvalue weighted by Crippen LogP contribution is 2.37. The van der Waals surface area contributed by atoms with E-state index >= 15 is 0 Å². The lowest BCUT2D eigenvalue weighted by Gasteiger charge is -2.30. The predicted molar refractivity (Wildman–Crippen MR) is 115 cm³/mol. The van der Waals surface area contributed by atoms with E-state index in [1.807, 2.05) is 30.3 Å². The zero-order valence-electron chi connectivity index (χ0n) is 18.0. The molecule has 0 fully saturated rings. The molecule has 1 atom stereocenters. The van der Waals surface area contributed by atoms with Gasteiger partial charge in [0.25, 0.3) is 10.0 Å². The first-order chi connectivity index (χ1) is 15.5. The molecule has 176 valence electrons. The summed E-state index contributed by atoms with van der Waals surface area (Å²) in [5.74, 6) is -1.97. The molecule has 0 spiro atoms. The van der Waals surface area contributed by atoms with Gasteiger partial charge in [-0.15, -0.1) is 0 Å². The SMILES string of the molecule is COC1=NC(C)(c2ccccc2)CN1S(=O)(=O)c1ccc2c(c1)CCCN2C(=O)C(F)(F)F. The number of carbonyl (C=O) groups excluding carboxylic acids is 1. The van der Waals surface area contributed by atoms with Crippen molar-refractivity contribution < 1.29 is 31.1 Å². The minimum atomic E-state index is -5.01. The largest absolute Gasteiger partial charge is 0.471 e. The summed E-state index contributed by atoms with van der Waals surface area (Å²) in [6, 6.07) is 12.9. The highest BCUT2D eigenvalue weighted by molar-refractivity contribution is 7.89. The molecule has 2 aliphatic heterocycles. The Labute approximate surface area is 189 Å². The Morgan fingerprint density at radius 3 is 2.48 bits per heavy atom. The number of halogens is 3. The molecule has 1 unspecified atom stereocenters. The van der Waals surface area contributed by atoms with Gasteiger partial charge in [0, 0.05) is 12.2 Å². The normalized spacial score (nSPS) is 20.9. The fourth-order valence-electron chi connectivity index (χ4n) is 4.16. The van der Waals surface area contributed by atoms with E-state index in [9.17, 15) is 26.4 Å². The molecule has 33 heavy (non-hydrogen) atoms. The van der Waals surface area contributed by atoms with Crippen LogP contribution in [0.15, 0.2) is 58.4 Å². The van der Waals surface area contributed by atoms with E-state index in [4.69, 9.17) is 4.74 Å². The molecule has 0 bridgehead atoms. The number of amides is 1. The van der Waals surface area contributed by atoms with Crippen LogP contribution in [0.2, 0.25) is 0 Å². The lowest BCUT2D eigenvalue weighted by atomic mass is 9.94. The summed E-state index contributed by atoms with van der Waals surface area (Å²) in [6.45, 7) is 1.71. The first-order valence-corrected chi connectivity index (χ1v) is 11.6. The van der Waals surface area contributed by atoms with Crippen molar-refractivity contribution >= 4 is 27.6 Å². The highest BCUT2D eigenvalue weighted by Gasteiger charge is 2.46. The lowest BCUT2D eigenvalue weighted by Crippen LogP contribution is -2.44. The van der Waals surface area contributed by atoms with E-state index in [0.29, 0.717) is 23.3 Å². The molecule has 0 saturated heterocycles. The number of sulfonamides is 1. The number of rotatable bonds is 3. The van der Waals surface area contributed by atoms with Gasteiger partial charge in [-0.05, 0) is 49.1 Å². The van der Waals surface area contributed by atoms with E-state index < -0.39 is 27.6 Å². The molecule has 7 nitrogen and oxygen atoms in total. The van der Waals surface area contributed by atoms with Crippen molar-refractivity contribution in [3.8, 4) is 0 Å². The summed E-state index contributed by atoms with van der Waals surface area (Å²) in [4.78, 5) is 16.8. The van der Waals surface area contributed by atoms with Crippen LogP contribution in [0.3, 0.4) is 0 Å². The van der Waals surface area contributed by atoms with E-state index in [-0.39, 0.29) is 29.7 Å². The molecular weight excluding hydrogens is 459 g/mol. The van der Waals surface area contributed by atoms with Crippen LogP contribution in [0.25, 0.3) is 0 Å². The third kappa shape index (κ3) is 4.05. The van der Waals surface area contributed by atoms with Crippen molar-refractivity contribution in [2.45, 2.75) is 36.4 Å². The van der Waals surface area contributed by atoms with Gasteiger partial charge >= 0.3 is 18.1 Å². The first-order valence-electron chi connectivity index (χ1n) is 10.2. The fourth-order valence-corrected chi connectivity index (χ4v) is 5.69. The average molecular weight is 481 g/mol. The van der Waals surface area contributed by atoms with Gasteiger partial charge in [0.2, 0.25) is 0 Å². The van der Waals surface area contributed by atoms with Crippen molar-refractivity contribution in [2.75, 3.05) is 25.1 Å². The number of methoxy groups -OCH3 is 1. The molecule has 2 aromatic carbocycles. The molecule has 0 aromatic heterocycles. The maximum Gasteiger partial charge on any atom is 0.471 e. The van der Waals surface area contributed by atoms with Crippen LogP contribution in [0.4, 0.5) is 18.9 Å². The molecule has 2 heterocycles. The molecule has 4 rings (SSSR count). The second-order valence-corrected chi connectivity index (χ2v) is 9.96. The summed E-state index contributed by atoms with van der Waals surface area (Å²) < 4.78 is 72.2. The highest BCUT2D eigenvalue weighted by atomic mass is 32.2. The first kappa shape index (κ1) is 23.1. The molecule has 0 N–H and O–H groups in total. The van der Waals surface area contributed by atoms with E-state index in [0.717, 1.165) is 9.87 Å². The van der Waals surface area contributed by atoms with Gasteiger partial charge in [-0.3, -0.25) is 4.79 Å². The van der Waals surface area contributed by atoms with Gasteiger partial charge in [0.05, 0.1) is 18.6 Å². The van der Waals surface area contributed by atoms with Crippen LogP contribution in [0, 0.1) is 0 Å². The Kier molecular flexibility index (Phi) is 5.63. The lowest BCUT2D eigenvalue weighted by molar-refractivity contribution is -0.170. The minimum absolute atomic E-state index is 0.00170. The van der Waals surface area contributed by atoms with Crippen molar-refractivity contribution in [2.24, 2.45) is 4.99 Å². The van der Waals surface area contributed by atoms with Gasteiger partial charge < -0.3 is 9.64 Å². The number of hydrogen-bond acceptors (Lipinski definition) is 5. The van der Waals surface area contributed by atoms with E-state index in [1.165, 1.54) is 25.3 Å². The summed E-state index contributed by atoms with van der Waals surface area (Å²) in [6.07, 6.45) is -4.37. The Morgan fingerprint density at radius 2 is 1.85 bits per heavy atom. The summed E-state index contributed by atoms with van der Waals surface area (Å²) >= 11 is 0. The topological polar surface area (TPSA) is 79.3 Å². The molecule has 0 saturated carbocycles. The van der Waals surface area contributed by atoms with E-state index in [1.54, 1.807) is 6.92 Å². The second kappa shape index (κ2) is 8.05. The smallest absolute Gasteiger partial charge is 0.468 e. The summed E-state index contributed by atoms with van der Waals surface area (Å²) in [5.41, 5.74) is 0.368. The standard InChI is InChI=1S/C22H22F3N3O4S/c1-21(16-8-4-3-5-9-16)14-28(20(26-21)32-2)33(30,31)17-10-11-18-15(13-17)7-6-12-27(18)19(29)22(23,24)25/h3-5,8-11,13H,6-7,12,14H2,1-2H3. The third-order valence-corrected chi connectivity index (χ3v) is 7.55. The molecule has 2 aliphatic rings. The van der Waals surface area contributed by atoms with E-state index in [2.05, 4.69) is 4.99 Å². The zero-order valence-corrected chi connectivity index (χ0v) is 18.8. The van der Waals surface area contributed by atoms with Crippen molar-refractivity contribution in [3.05, 3.63) is 59.7 Å². The fraction of sp³-hybridized carbons (Fsp3) is 0.364. The summed E-state index contributed by atoms with van der Waals surface area (Å²) in [5, 5.41) is 0. The number of alkyl halides is 3. The Hall–Kier alpha value is -3.08. The van der Waals surface area contributed by atoms with Crippen LogP contribution in [0.5, 0.6) is 0 Å². The van der Waals surface area contributed by atoms with Gasteiger partial charge in [0.1, 0.15) is 5.54 Å². The number of ether oxygens (including phenoxy) is 1. The average Bonchev–Trinajstić information content (AvgIpc) is 3.16. The predicted octanol–water partition coefficient (Wildman–Crippen LogP) is 3.45. The van der Waals surface area contributed by atoms with Gasteiger partial charge in [-0.2, -0.15) is 13.2 Å². The molecule has 11 heteroatoms. The Balaban J connectivity index is 1.69. The molecule has 2 aromatic rings. The monoisotopic (exact) mass is 481 g/mol. The molecule has 1 amide bonds. The van der Waals surface area contributed by atoms with Crippen LogP contribution in [-0.4, -0.2) is 51.0 Å². The third-order valence-electron chi connectivity index (χ3n) is 5.83. The molecule has 0 aliphatic carbocycles. The number of amidine groups is 1. The number of fused-ring (bicyclic) bond motifs is 1. The van der Waals surface area contributed by atoms with Crippen LogP contribution in [-0.2, 0) is 31.5 Å². The van der Waals surface area contributed by atoms with Crippen LogP contribution >= 0.6 is 0 Å². The van der Waals surface area contributed by atoms with Crippen molar-refractivity contribution in [3.63, 3.8) is 0 Å². The van der Waals surface area contributed by atoms with Crippen LogP contribution < -0.4 is 4.90 Å². The maximum atomic E-state index is 13.5. The zero-order chi connectivity index (χ0) is 24.0. The number of hydrogen-bond donors (Lipinski definition) is 0. The number of nitrogens with zero attached hydrogens (tertiary/aromatic N) is 3. The quantitative estimate of drug-likeness (QED) is 0.673. The van der Waals surface area contributed by atoms with Crippen LogP contribution in [0.1, 0.15) is 24.5 Å². The molecule has 0 radical (unpaired) electrons.